The van der Waals surface area contributed by atoms with Gasteiger partial charge in [0.25, 0.3) is 5.91 Å². The van der Waals surface area contributed by atoms with Crippen molar-refractivity contribution < 1.29 is 19.4 Å². The average Bonchev–Trinajstić information content (AvgIpc) is 3.15. The molecule has 0 radical (unpaired) electrons. The Labute approximate surface area is 138 Å². The monoisotopic (exact) mass is 330 g/mol. The highest BCUT2D eigenvalue weighted by atomic mass is 16.5. The first kappa shape index (κ1) is 16.1. The minimum Gasteiger partial charge on any atom is -0.480 e. The van der Waals surface area contributed by atoms with Crippen LogP contribution in [-0.2, 0) is 9.53 Å². The van der Waals surface area contributed by atoms with Gasteiger partial charge in [-0.15, -0.1) is 5.10 Å². The van der Waals surface area contributed by atoms with Gasteiger partial charge in [-0.1, -0.05) is 11.3 Å². The van der Waals surface area contributed by atoms with Crippen LogP contribution >= 0.6 is 0 Å². The molecular weight excluding hydrogens is 312 g/mol. The molecule has 24 heavy (non-hydrogen) atoms. The Bertz CT molecular complexity index is 711. The van der Waals surface area contributed by atoms with Gasteiger partial charge in [-0.3, -0.25) is 4.79 Å². The zero-order valence-electron chi connectivity index (χ0n) is 13.0. The van der Waals surface area contributed by atoms with E-state index >= 15 is 0 Å². The SMILES string of the molecule is O=C(N[C@H](C(=O)O)[C@H]1CCCOC1)c1cccc(-n2ccnn2)c1. The predicted molar refractivity (Wildman–Crippen MR) is 83.8 cm³/mol. The summed E-state index contributed by atoms with van der Waals surface area (Å²) in [6.45, 7) is 0.979. The number of aliphatic carboxylic acids is 1. The maximum absolute atomic E-state index is 12.5. The number of carbonyl (C=O) groups excluding carboxylic acids is 1. The summed E-state index contributed by atoms with van der Waals surface area (Å²) in [5, 5.41) is 19.6. The average molecular weight is 330 g/mol. The van der Waals surface area contributed by atoms with E-state index in [9.17, 15) is 14.7 Å². The Morgan fingerprint density at radius 1 is 1.42 bits per heavy atom. The van der Waals surface area contributed by atoms with Gasteiger partial charge in [0.1, 0.15) is 6.04 Å². The molecule has 8 heteroatoms. The molecule has 1 aromatic carbocycles. The fraction of sp³-hybridized carbons (Fsp3) is 0.375. The number of nitrogens with one attached hydrogen (secondary N) is 1. The number of rotatable bonds is 5. The normalized spacial score (nSPS) is 18.8. The van der Waals surface area contributed by atoms with Crippen molar-refractivity contribution in [1.82, 2.24) is 20.3 Å². The molecule has 8 nitrogen and oxygen atoms in total. The largest absolute Gasteiger partial charge is 0.480 e. The van der Waals surface area contributed by atoms with Gasteiger partial charge in [-0.2, -0.15) is 0 Å². The van der Waals surface area contributed by atoms with Crippen LogP contribution in [-0.4, -0.2) is 51.2 Å². The van der Waals surface area contributed by atoms with Gasteiger partial charge in [0.15, 0.2) is 0 Å². The minimum absolute atomic E-state index is 0.223. The molecule has 1 saturated heterocycles. The van der Waals surface area contributed by atoms with Crippen LogP contribution in [0, 0.1) is 5.92 Å². The molecule has 2 N–H and O–H groups in total. The Morgan fingerprint density at radius 3 is 2.96 bits per heavy atom. The molecule has 1 aromatic heterocycles. The van der Waals surface area contributed by atoms with Crippen LogP contribution in [0.5, 0.6) is 0 Å². The Hall–Kier alpha value is -2.74. The van der Waals surface area contributed by atoms with Crippen molar-refractivity contribution in [3.8, 4) is 5.69 Å². The molecular formula is C16H18N4O4. The molecule has 1 aliphatic rings. The Morgan fingerprint density at radius 2 is 2.29 bits per heavy atom. The van der Waals surface area contributed by atoms with E-state index in [1.54, 1.807) is 30.5 Å². The highest BCUT2D eigenvalue weighted by Gasteiger charge is 2.31. The fourth-order valence-corrected chi connectivity index (χ4v) is 2.77. The number of nitrogens with zero attached hydrogens (tertiary/aromatic N) is 3. The molecule has 1 amide bonds. The number of amides is 1. The molecule has 2 heterocycles. The first-order chi connectivity index (χ1) is 11.6. The molecule has 3 rings (SSSR count). The molecule has 1 fully saturated rings. The molecule has 126 valence electrons. The number of carbonyl (C=O) groups is 2. The Balaban J connectivity index is 1.75. The zero-order valence-corrected chi connectivity index (χ0v) is 13.0. The second kappa shape index (κ2) is 7.22. The first-order valence-electron chi connectivity index (χ1n) is 7.73. The number of hydrogen-bond acceptors (Lipinski definition) is 5. The number of ether oxygens (including phenoxy) is 1. The highest BCUT2D eigenvalue weighted by molar-refractivity contribution is 5.97. The van der Waals surface area contributed by atoms with E-state index in [0.29, 0.717) is 24.5 Å². The molecule has 2 atom stereocenters. The van der Waals surface area contributed by atoms with Gasteiger partial charge in [0.2, 0.25) is 0 Å². The molecule has 0 saturated carbocycles. The van der Waals surface area contributed by atoms with Gasteiger partial charge in [-0.05, 0) is 31.0 Å². The van der Waals surface area contributed by atoms with Crippen LogP contribution in [0.15, 0.2) is 36.7 Å². The van der Waals surface area contributed by atoms with Crippen LogP contribution in [0.4, 0.5) is 0 Å². The minimum atomic E-state index is -1.05. The van der Waals surface area contributed by atoms with Crippen molar-refractivity contribution in [2.75, 3.05) is 13.2 Å². The van der Waals surface area contributed by atoms with Crippen molar-refractivity contribution in [1.29, 1.82) is 0 Å². The topological polar surface area (TPSA) is 106 Å². The van der Waals surface area contributed by atoms with Gasteiger partial charge < -0.3 is 15.2 Å². The van der Waals surface area contributed by atoms with Crippen LogP contribution in [0.2, 0.25) is 0 Å². The van der Waals surface area contributed by atoms with E-state index in [0.717, 1.165) is 12.8 Å². The number of aromatic nitrogens is 3. The van der Waals surface area contributed by atoms with Gasteiger partial charge in [-0.25, -0.2) is 9.48 Å². The van der Waals surface area contributed by atoms with E-state index in [4.69, 9.17) is 4.74 Å². The van der Waals surface area contributed by atoms with Crippen LogP contribution in [0.3, 0.4) is 0 Å². The highest BCUT2D eigenvalue weighted by Crippen LogP contribution is 2.18. The maximum Gasteiger partial charge on any atom is 0.326 e. The van der Waals surface area contributed by atoms with E-state index < -0.39 is 17.9 Å². The van der Waals surface area contributed by atoms with Crippen molar-refractivity contribution in [3.05, 3.63) is 42.2 Å². The lowest BCUT2D eigenvalue weighted by Crippen LogP contribution is -2.48. The predicted octanol–water partition coefficient (Wildman–Crippen LogP) is 0.877. The summed E-state index contributed by atoms with van der Waals surface area (Å²) in [5.74, 6) is -1.71. The quantitative estimate of drug-likeness (QED) is 0.843. The number of carboxylic acids is 1. The van der Waals surface area contributed by atoms with Crippen LogP contribution < -0.4 is 5.32 Å². The molecule has 1 aliphatic heterocycles. The standard InChI is InChI=1S/C16H18N4O4/c21-15(18-14(16(22)23)12-4-2-8-24-10-12)11-3-1-5-13(9-11)20-7-6-17-19-20/h1,3,5-7,9,12,14H,2,4,8,10H2,(H,18,21)(H,22,23)/t12-,14-/m0/s1. The smallest absolute Gasteiger partial charge is 0.326 e. The second-order valence-corrected chi connectivity index (χ2v) is 5.66. The van der Waals surface area contributed by atoms with E-state index in [1.807, 2.05) is 0 Å². The van der Waals surface area contributed by atoms with Crippen molar-refractivity contribution >= 4 is 11.9 Å². The molecule has 0 unspecified atom stereocenters. The van der Waals surface area contributed by atoms with Crippen molar-refractivity contribution in [2.24, 2.45) is 5.92 Å². The third-order valence-corrected chi connectivity index (χ3v) is 4.01. The van der Waals surface area contributed by atoms with E-state index in [2.05, 4.69) is 15.6 Å². The second-order valence-electron chi connectivity index (χ2n) is 5.66. The summed E-state index contributed by atoms with van der Waals surface area (Å²) in [6.07, 6.45) is 4.72. The molecule has 0 spiro atoms. The summed E-state index contributed by atoms with van der Waals surface area (Å²) < 4.78 is 6.86. The maximum atomic E-state index is 12.5. The Kier molecular flexibility index (Phi) is 4.85. The summed E-state index contributed by atoms with van der Waals surface area (Å²) in [4.78, 5) is 24.0. The van der Waals surface area contributed by atoms with Crippen LogP contribution in [0.25, 0.3) is 5.69 Å². The zero-order chi connectivity index (χ0) is 16.9. The lowest BCUT2D eigenvalue weighted by molar-refractivity contribution is -0.142. The van der Waals surface area contributed by atoms with Crippen LogP contribution in [0.1, 0.15) is 23.2 Å². The number of benzene rings is 1. The summed E-state index contributed by atoms with van der Waals surface area (Å²) in [6, 6.07) is 5.81. The summed E-state index contributed by atoms with van der Waals surface area (Å²) in [5.41, 5.74) is 1.04. The molecule has 2 aromatic rings. The van der Waals surface area contributed by atoms with Gasteiger partial charge >= 0.3 is 5.97 Å². The van der Waals surface area contributed by atoms with E-state index in [1.165, 1.54) is 10.9 Å². The summed E-state index contributed by atoms with van der Waals surface area (Å²) >= 11 is 0. The lowest BCUT2D eigenvalue weighted by atomic mass is 9.93. The lowest BCUT2D eigenvalue weighted by Gasteiger charge is -2.28. The van der Waals surface area contributed by atoms with Crippen molar-refractivity contribution in [2.45, 2.75) is 18.9 Å². The number of hydrogen-bond donors (Lipinski definition) is 2. The number of carboxylic acid groups (broad SMARTS) is 1. The first-order valence-corrected chi connectivity index (χ1v) is 7.73. The van der Waals surface area contributed by atoms with Gasteiger partial charge in [0, 0.05) is 18.1 Å². The molecule has 0 aliphatic carbocycles. The van der Waals surface area contributed by atoms with E-state index in [-0.39, 0.29) is 5.92 Å². The van der Waals surface area contributed by atoms with Crippen molar-refractivity contribution in [3.63, 3.8) is 0 Å². The van der Waals surface area contributed by atoms with Gasteiger partial charge in [0.05, 0.1) is 24.7 Å². The summed E-state index contributed by atoms with van der Waals surface area (Å²) in [7, 11) is 0. The fourth-order valence-electron chi connectivity index (χ4n) is 2.77. The third kappa shape index (κ3) is 3.60. The third-order valence-electron chi connectivity index (χ3n) is 4.01. The molecule has 0 bridgehead atoms.